The first kappa shape index (κ1) is 43.2. The van der Waals surface area contributed by atoms with E-state index in [1.54, 1.807) is 11.1 Å². The third-order valence-corrected chi connectivity index (χ3v) is 11.6. The largest absolute Gasteiger partial charge is 0.320 e. The van der Waals surface area contributed by atoms with Crippen molar-refractivity contribution in [3.63, 3.8) is 0 Å². The number of hydrogen-bond acceptors (Lipinski definition) is 0. The van der Waals surface area contributed by atoms with Crippen LogP contribution < -0.4 is 0 Å². The second kappa shape index (κ2) is 29.1. The molecule has 0 aliphatic heterocycles. The number of benzene rings is 1. The van der Waals surface area contributed by atoms with E-state index < -0.39 is 0 Å². The molecule has 1 heteroatoms. The number of unbranched alkanes of at least 4 members (excludes halogenated alkanes) is 28. The predicted molar refractivity (Wildman–Crippen MR) is 210 cm³/mol. The third kappa shape index (κ3) is 21.2. The van der Waals surface area contributed by atoms with Gasteiger partial charge < -0.3 is 4.48 Å². The molecule has 0 heterocycles. The molecular formula is C45H86N+. The fourth-order valence-electron chi connectivity index (χ4n) is 7.51. The van der Waals surface area contributed by atoms with Gasteiger partial charge in [0, 0.05) is 5.56 Å². The van der Waals surface area contributed by atoms with Gasteiger partial charge in [-0.05, 0) is 45.1 Å². The van der Waals surface area contributed by atoms with Crippen LogP contribution in [0, 0.1) is 0 Å². The number of aryl methyl sites for hydroxylation is 1. The quantitative estimate of drug-likeness (QED) is 0.0519. The van der Waals surface area contributed by atoms with Gasteiger partial charge in [0.25, 0.3) is 0 Å². The molecule has 1 aromatic carbocycles. The van der Waals surface area contributed by atoms with Crippen molar-refractivity contribution < 1.29 is 4.48 Å². The van der Waals surface area contributed by atoms with Crippen molar-refractivity contribution in [2.75, 3.05) is 20.6 Å². The average Bonchev–Trinajstić information content (AvgIpc) is 3.04. The van der Waals surface area contributed by atoms with Crippen LogP contribution in [0.1, 0.15) is 231 Å². The Morgan fingerprint density at radius 3 is 1.09 bits per heavy atom. The van der Waals surface area contributed by atoms with Gasteiger partial charge in [-0.15, -0.1) is 0 Å². The Kier molecular flexibility index (Phi) is 27.4. The summed E-state index contributed by atoms with van der Waals surface area (Å²) in [6.45, 7) is 10.9. The number of nitrogens with zero attached hydrogens (tertiary/aromatic N) is 1. The Labute approximate surface area is 292 Å². The molecule has 0 unspecified atom stereocenters. The molecule has 0 amide bonds. The Morgan fingerprint density at radius 2 is 0.717 bits per heavy atom. The van der Waals surface area contributed by atoms with Gasteiger partial charge in [-0.1, -0.05) is 211 Å². The second-order valence-corrected chi connectivity index (χ2v) is 16.3. The molecule has 0 N–H and O–H groups in total. The van der Waals surface area contributed by atoms with E-state index >= 15 is 0 Å². The summed E-state index contributed by atoms with van der Waals surface area (Å²) in [7, 11) is 4.96. The maximum absolute atomic E-state index is 2.50. The van der Waals surface area contributed by atoms with Crippen LogP contribution in [0.5, 0.6) is 0 Å². The van der Waals surface area contributed by atoms with Crippen molar-refractivity contribution in [2.24, 2.45) is 0 Å². The highest BCUT2D eigenvalue weighted by molar-refractivity contribution is 5.31. The van der Waals surface area contributed by atoms with E-state index in [0.29, 0.717) is 0 Å². The van der Waals surface area contributed by atoms with Crippen LogP contribution in [0.4, 0.5) is 0 Å². The zero-order chi connectivity index (χ0) is 33.6. The summed E-state index contributed by atoms with van der Waals surface area (Å²) in [5.74, 6) is 0. The van der Waals surface area contributed by atoms with Crippen molar-refractivity contribution in [3.8, 4) is 0 Å². The zero-order valence-electron chi connectivity index (χ0n) is 32.9. The maximum Gasteiger partial charge on any atom is 0.119 e. The molecule has 270 valence electrons. The van der Waals surface area contributed by atoms with Crippen LogP contribution in [0.2, 0.25) is 0 Å². The highest BCUT2D eigenvalue weighted by Crippen LogP contribution is 2.35. The van der Waals surface area contributed by atoms with E-state index in [0.717, 1.165) is 4.48 Å². The van der Waals surface area contributed by atoms with E-state index in [1.807, 2.05) is 0 Å². The van der Waals surface area contributed by atoms with E-state index in [4.69, 9.17) is 0 Å². The molecule has 0 spiro atoms. The number of rotatable bonds is 34. The van der Waals surface area contributed by atoms with E-state index in [-0.39, 0.29) is 5.54 Å². The first-order chi connectivity index (χ1) is 22.4. The smallest absolute Gasteiger partial charge is 0.119 e. The lowest BCUT2D eigenvalue weighted by molar-refractivity contribution is -0.945. The molecule has 0 atom stereocenters. The third-order valence-electron chi connectivity index (χ3n) is 11.6. The van der Waals surface area contributed by atoms with Gasteiger partial charge in [-0.3, -0.25) is 0 Å². The lowest BCUT2D eigenvalue weighted by Crippen LogP contribution is -2.54. The van der Waals surface area contributed by atoms with E-state index in [1.165, 1.54) is 206 Å². The molecule has 0 saturated carbocycles. The minimum absolute atomic E-state index is 0.141. The van der Waals surface area contributed by atoms with Crippen molar-refractivity contribution in [3.05, 3.63) is 35.4 Å². The molecule has 0 saturated heterocycles. The molecule has 1 nitrogen and oxygen atoms in total. The predicted octanol–water partition coefficient (Wildman–Crippen LogP) is 15.3. The van der Waals surface area contributed by atoms with Crippen LogP contribution in [0.3, 0.4) is 0 Å². The van der Waals surface area contributed by atoms with Gasteiger partial charge >= 0.3 is 0 Å². The van der Waals surface area contributed by atoms with Crippen LogP contribution in [-0.4, -0.2) is 25.1 Å². The average molecular weight is 641 g/mol. The monoisotopic (exact) mass is 641 g/mol. The van der Waals surface area contributed by atoms with Gasteiger partial charge in [0.2, 0.25) is 0 Å². The molecule has 46 heavy (non-hydrogen) atoms. The fraction of sp³-hybridized carbons (Fsp3) is 0.867. The standard InChI is InChI=1S/C45H86N/c1-7-9-11-13-15-17-19-21-23-24-25-27-29-31-33-35-39-43-40-36-37-41-44(43)45(3,4)46(5,6)42-38-34-32-30-28-26-22-20-18-16-14-12-10-8-2/h36-37,40-41H,7-35,38-39,42H2,1-6H3/q+1. The van der Waals surface area contributed by atoms with Crippen molar-refractivity contribution >= 4 is 0 Å². The minimum Gasteiger partial charge on any atom is -0.320 e. The Balaban J connectivity index is 2.17. The molecule has 0 fully saturated rings. The molecule has 1 aromatic rings. The SMILES string of the molecule is CCCCCCCCCCCCCCCCCCc1ccccc1C(C)(C)[N+](C)(C)CCCCCCCCCCCCCCCC. The summed E-state index contributed by atoms with van der Waals surface area (Å²) in [5.41, 5.74) is 3.33. The van der Waals surface area contributed by atoms with Crippen LogP contribution in [-0.2, 0) is 12.0 Å². The summed E-state index contributed by atoms with van der Waals surface area (Å²) in [4.78, 5) is 0. The molecule has 1 rings (SSSR count). The molecule has 0 aliphatic rings. The number of quaternary nitrogens is 1. The normalized spacial score (nSPS) is 12.3. The summed E-state index contributed by atoms with van der Waals surface area (Å²) >= 11 is 0. The highest BCUT2D eigenvalue weighted by Gasteiger charge is 2.39. The molecule has 0 radical (unpaired) electrons. The van der Waals surface area contributed by atoms with Crippen molar-refractivity contribution in [1.29, 1.82) is 0 Å². The molecule has 0 aromatic heterocycles. The topological polar surface area (TPSA) is 0 Å². The highest BCUT2D eigenvalue weighted by atomic mass is 15.4. The first-order valence-electron chi connectivity index (χ1n) is 21.3. The number of hydrogen-bond donors (Lipinski definition) is 0. The van der Waals surface area contributed by atoms with E-state index in [9.17, 15) is 0 Å². The van der Waals surface area contributed by atoms with Crippen LogP contribution in [0.25, 0.3) is 0 Å². The summed E-state index contributed by atoms with van der Waals surface area (Å²) < 4.78 is 1.08. The lowest BCUT2D eigenvalue weighted by Gasteiger charge is -2.46. The Hall–Kier alpha value is -0.820. The van der Waals surface area contributed by atoms with Gasteiger partial charge in [0.1, 0.15) is 5.54 Å². The maximum atomic E-state index is 2.50. The molecule has 0 aliphatic carbocycles. The Morgan fingerprint density at radius 1 is 0.413 bits per heavy atom. The van der Waals surface area contributed by atoms with Gasteiger partial charge in [0.05, 0.1) is 20.6 Å². The fourth-order valence-corrected chi connectivity index (χ4v) is 7.51. The summed E-state index contributed by atoms with van der Waals surface area (Å²) in [6, 6.07) is 9.41. The first-order valence-corrected chi connectivity index (χ1v) is 21.3. The van der Waals surface area contributed by atoms with Crippen molar-refractivity contribution in [2.45, 2.75) is 232 Å². The second-order valence-electron chi connectivity index (χ2n) is 16.3. The van der Waals surface area contributed by atoms with Crippen molar-refractivity contribution in [1.82, 2.24) is 0 Å². The van der Waals surface area contributed by atoms with Gasteiger partial charge in [-0.2, -0.15) is 0 Å². The van der Waals surface area contributed by atoms with Crippen LogP contribution in [0.15, 0.2) is 24.3 Å². The Bertz CT molecular complexity index is 777. The van der Waals surface area contributed by atoms with E-state index in [2.05, 4.69) is 66.1 Å². The summed E-state index contributed by atoms with van der Waals surface area (Å²) in [6.07, 6.45) is 44.4. The van der Waals surface area contributed by atoms with Gasteiger partial charge in [0.15, 0.2) is 0 Å². The minimum atomic E-state index is 0.141. The molecule has 0 bridgehead atoms. The van der Waals surface area contributed by atoms with Gasteiger partial charge in [-0.25, -0.2) is 0 Å². The lowest BCUT2D eigenvalue weighted by atomic mass is 9.84. The zero-order valence-corrected chi connectivity index (χ0v) is 32.9. The molecular weight excluding hydrogens is 555 g/mol. The van der Waals surface area contributed by atoms with Crippen LogP contribution >= 0.6 is 0 Å². The summed E-state index contributed by atoms with van der Waals surface area (Å²) in [5, 5.41) is 0.